The zero-order valence-electron chi connectivity index (χ0n) is 25.6. The average Bonchev–Trinajstić information content (AvgIpc) is 3.13. The van der Waals surface area contributed by atoms with Gasteiger partial charge in [0.15, 0.2) is 0 Å². The van der Waals surface area contributed by atoms with Gasteiger partial charge in [0.1, 0.15) is 0 Å². The lowest BCUT2D eigenvalue weighted by molar-refractivity contribution is 1.05. The lowest BCUT2D eigenvalue weighted by atomic mass is 9.83. The van der Waals surface area contributed by atoms with Crippen molar-refractivity contribution >= 4 is 48.7 Å². The molecular formula is C46H32. The van der Waals surface area contributed by atoms with Gasteiger partial charge in [0, 0.05) is 0 Å². The normalized spacial score (nSPS) is 13.1. The van der Waals surface area contributed by atoms with Crippen molar-refractivity contribution in [2.24, 2.45) is 0 Å². The molecule has 0 radical (unpaired) electrons. The van der Waals surface area contributed by atoms with Gasteiger partial charge in [-0.3, -0.25) is 0 Å². The Morgan fingerprint density at radius 3 is 1.41 bits per heavy atom. The molecule has 0 heteroatoms. The zero-order valence-corrected chi connectivity index (χ0v) is 25.6. The fourth-order valence-electron chi connectivity index (χ4n) is 7.43. The SMILES string of the molecule is C1=CCCC(c2cc(-c3ccc4ccccc4c3)cc(-c3c4ccccc4c(-c4ccc5ccccc5c4)c4ccccc34)c2)=C1. The maximum Gasteiger partial charge on any atom is -0.00259 e. The van der Waals surface area contributed by atoms with E-state index in [1.165, 1.54) is 87.6 Å². The van der Waals surface area contributed by atoms with Crippen LogP contribution in [0, 0.1) is 0 Å². The first-order valence-electron chi connectivity index (χ1n) is 16.2. The Labute approximate surface area is 269 Å². The van der Waals surface area contributed by atoms with Crippen molar-refractivity contribution in [3.05, 3.63) is 175 Å². The lowest BCUT2D eigenvalue weighted by Crippen LogP contribution is -1.94. The molecule has 46 heavy (non-hydrogen) atoms. The molecule has 8 aromatic rings. The Morgan fingerprint density at radius 1 is 0.348 bits per heavy atom. The number of hydrogen-bond donors (Lipinski definition) is 0. The molecule has 0 saturated carbocycles. The molecule has 9 rings (SSSR count). The third-order valence-electron chi connectivity index (χ3n) is 9.66. The number of hydrogen-bond acceptors (Lipinski definition) is 0. The van der Waals surface area contributed by atoms with E-state index in [2.05, 4.69) is 170 Å². The van der Waals surface area contributed by atoms with Gasteiger partial charge in [-0.05, 0) is 131 Å². The highest BCUT2D eigenvalue weighted by Crippen LogP contribution is 2.45. The molecule has 0 spiro atoms. The Balaban J connectivity index is 1.34. The molecule has 1 aliphatic carbocycles. The summed E-state index contributed by atoms with van der Waals surface area (Å²) in [6.45, 7) is 0. The minimum atomic E-state index is 1.06. The van der Waals surface area contributed by atoms with Gasteiger partial charge in [-0.25, -0.2) is 0 Å². The van der Waals surface area contributed by atoms with Crippen LogP contribution in [0.15, 0.2) is 170 Å². The fourth-order valence-corrected chi connectivity index (χ4v) is 7.43. The number of benzene rings is 8. The smallest absolute Gasteiger partial charge is 0.00259 e. The van der Waals surface area contributed by atoms with Gasteiger partial charge < -0.3 is 0 Å². The monoisotopic (exact) mass is 584 g/mol. The van der Waals surface area contributed by atoms with E-state index < -0.39 is 0 Å². The molecule has 0 bridgehead atoms. The third kappa shape index (κ3) is 4.54. The summed E-state index contributed by atoms with van der Waals surface area (Å²) < 4.78 is 0. The first-order chi connectivity index (χ1) is 22.8. The number of rotatable bonds is 4. The fraction of sp³-hybridized carbons (Fsp3) is 0.0435. The van der Waals surface area contributed by atoms with Crippen LogP contribution in [0.2, 0.25) is 0 Å². The van der Waals surface area contributed by atoms with E-state index in [4.69, 9.17) is 0 Å². The topological polar surface area (TPSA) is 0 Å². The Kier molecular flexibility index (Phi) is 6.39. The predicted molar refractivity (Wildman–Crippen MR) is 199 cm³/mol. The molecule has 0 fully saturated rings. The molecule has 0 atom stereocenters. The number of fused-ring (bicyclic) bond motifs is 4. The minimum absolute atomic E-state index is 1.06. The predicted octanol–water partition coefficient (Wildman–Crippen LogP) is 13.0. The molecule has 0 nitrogen and oxygen atoms in total. The summed E-state index contributed by atoms with van der Waals surface area (Å²) in [4.78, 5) is 0. The Hall–Kier alpha value is -5.72. The van der Waals surface area contributed by atoms with Crippen LogP contribution in [0.5, 0.6) is 0 Å². The molecule has 0 N–H and O–H groups in total. The van der Waals surface area contributed by atoms with Gasteiger partial charge in [-0.1, -0.05) is 140 Å². The standard InChI is InChI=1S/C46H32/c1-2-12-31(13-3-1)38-28-39(36-24-22-32-14-4-6-16-34(32)26-36)30-40(29-38)46-43-20-10-8-18-41(43)45(42-19-9-11-21-44(42)46)37-25-23-33-15-5-7-17-35(33)27-37/h1-2,4-12,14-30H,3,13H2. The molecule has 8 aromatic carbocycles. The van der Waals surface area contributed by atoms with Crippen LogP contribution >= 0.6 is 0 Å². The molecule has 0 aliphatic heterocycles. The molecule has 0 amide bonds. The molecule has 216 valence electrons. The highest BCUT2D eigenvalue weighted by Gasteiger charge is 2.18. The van der Waals surface area contributed by atoms with Crippen molar-refractivity contribution in [2.45, 2.75) is 12.8 Å². The van der Waals surface area contributed by atoms with E-state index in [1.807, 2.05) is 0 Å². The van der Waals surface area contributed by atoms with Crippen molar-refractivity contribution in [2.75, 3.05) is 0 Å². The van der Waals surface area contributed by atoms with Gasteiger partial charge in [0.25, 0.3) is 0 Å². The van der Waals surface area contributed by atoms with E-state index in [0.717, 1.165) is 12.8 Å². The first-order valence-corrected chi connectivity index (χ1v) is 16.2. The van der Waals surface area contributed by atoms with Crippen LogP contribution in [-0.2, 0) is 0 Å². The first kappa shape index (κ1) is 26.7. The number of allylic oxidation sites excluding steroid dienone is 4. The second kappa shape index (κ2) is 11.0. The van der Waals surface area contributed by atoms with Crippen LogP contribution in [0.25, 0.3) is 82.0 Å². The largest absolute Gasteiger partial charge is 0.0842 e. The van der Waals surface area contributed by atoms with Gasteiger partial charge >= 0.3 is 0 Å². The van der Waals surface area contributed by atoms with Crippen LogP contribution in [-0.4, -0.2) is 0 Å². The van der Waals surface area contributed by atoms with Crippen molar-refractivity contribution in [1.82, 2.24) is 0 Å². The van der Waals surface area contributed by atoms with E-state index >= 15 is 0 Å². The summed E-state index contributed by atoms with van der Waals surface area (Å²) in [5, 5.41) is 10.2. The molecule has 0 aromatic heterocycles. The Bertz CT molecular complexity index is 2470. The van der Waals surface area contributed by atoms with Gasteiger partial charge in [-0.2, -0.15) is 0 Å². The zero-order chi connectivity index (χ0) is 30.5. The summed E-state index contributed by atoms with van der Waals surface area (Å²) in [7, 11) is 0. The van der Waals surface area contributed by atoms with Crippen LogP contribution < -0.4 is 0 Å². The van der Waals surface area contributed by atoms with Crippen LogP contribution in [0.4, 0.5) is 0 Å². The second-order valence-corrected chi connectivity index (χ2v) is 12.4. The maximum atomic E-state index is 2.43. The summed E-state index contributed by atoms with van der Waals surface area (Å²) >= 11 is 0. The Morgan fingerprint density at radius 2 is 0.826 bits per heavy atom. The summed E-state index contributed by atoms with van der Waals surface area (Å²) in [6, 6.07) is 56.3. The average molecular weight is 585 g/mol. The summed E-state index contributed by atoms with van der Waals surface area (Å²) in [5.74, 6) is 0. The van der Waals surface area contributed by atoms with E-state index in [-0.39, 0.29) is 0 Å². The quantitative estimate of drug-likeness (QED) is 0.181. The van der Waals surface area contributed by atoms with Crippen LogP contribution in [0.3, 0.4) is 0 Å². The van der Waals surface area contributed by atoms with Crippen molar-refractivity contribution in [3.8, 4) is 33.4 Å². The summed E-state index contributed by atoms with van der Waals surface area (Å²) in [5.41, 5.74) is 10.3. The molecule has 0 heterocycles. The molecular weight excluding hydrogens is 553 g/mol. The molecule has 1 aliphatic rings. The summed E-state index contributed by atoms with van der Waals surface area (Å²) in [6.07, 6.45) is 8.91. The van der Waals surface area contributed by atoms with Gasteiger partial charge in [-0.15, -0.1) is 0 Å². The van der Waals surface area contributed by atoms with Crippen molar-refractivity contribution in [1.29, 1.82) is 0 Å². The van der Waals surface area contributed by atoms with Crippen LogP contribution in [0.1, 0.15) is 18.4 Å². The van der Waals surface area contributed by atoms with Gasteiger partial charge in [0.2, 0.25) is 0 Å². The van der Waals surface area contributed by atoms with Crippen molar-refractivity contribution < 1.29 is 0 Å². The highest BCUT2D eigenvalue weighted by atomic mass is 14.2. The third-order valence-corrected chi connectivity index (χ3v) is 9.66. The van der Waals surface area contributed by atoms with E-state index in [1.54, 1.807) is 0 Å². The maximum absolute atomic E-state index is 2.43. The van der Waals surface area contributed by atoms with Crippen molar-refractivity contribution in [3.63, 3.8) is 0 Å². The van der Waals surface area contributed by atoms with E-state index in [9.17, 15) is 0 Å². The van der Waals surface area contributed by atoms with Gasteiger partial charge in [0.05, 0.1) is 0 Å². The van der Waals surface area contributed by atoms with E-state index in [0.29, 0.717) is 0 Å². The minimum Gasteiger partial charge on any atom is -0.0842 e. The highest BCUT2D eigenvalue weighted by molar-refractivity contribution is 6.22. The second-order valence-electron chi connectivity index (χ2n) is 12.4. The lowest BCUT2D eigenvalue weighted by Gasteiger charge is -2.20. The molecule has 0 saturated heterocycles. The molecule has 0 unspecified atom stereocenters.